The van der Waals surface area contributed by atoms with Gasteiger partial charge in [0.2, 0.25) is 5.90 Å². The first kappa shape index (κ1) is 24.4. The molecule has 0 saturated heterocycles. The highest BCUT2D eigenvalue weighted by atomic mass is 127. The molecule has 176 valence electrons. The summed E-state index contributed by atoms with van der Waals surface area (Å²) in [5.41, 5.74) is 0.865. The van der Waals surface area contributed by atoms with Gasteiger partial charge in [0.25, 0.3) is 5.69 Å². The molecule has 0 atom stereocenters. The van der Waals surface area contributed by atoms with Crippen molar-refractivity contribution in [2.75, 3.05) is 7.11 Å². The number of nitro groups is 1. The fourth-order valence-electron chi connectivity index (χ4n) is 3.14. The first-order valence-corrected chi connectivity index (χ1v) is 11.3. The first-order chi connectivity index (χ1) is 16.8. The van der Waals surface area contributed by atoms with Crippen LogP contribution in [0.2, 0.25) is 5.02 Å². The van der Waals surface area contributed by atoms with Crippen molar-refractivity contribution in [3.63, 3.8) is 0 Å². The Hall–Kier alpha value is -3.77. The average Bonchev–Trinajstić information content (AvgIpc) is 3.20. The van der Waals surface area contributed by atoms with Crippen LogP contribution in [0.4, 0.5) is 5.69 Å². The van der Waals surface area contributed by atoms with Crippen molar-refractivity contribution in [2.45, 2.75) is 0 Å². The third-order valence-corrected chi connectivity index (χ3v) is 5.90. The van der Waals surface area contributed by atoms with E-state index in [0.29, 0.717) is 14.7 Å². The Balaban J connectivity index is 1.64. The Morgan fingerprint density at radius 3 is 2.66 bits per heavy atom. The van der Waals surface area contributed by atoms with Crippen LogP contribution in [0.25, 0.3) is 6.08 Å². The average molecular weight is 605 g/mol. The van der Waals surface area contributed by atoms with Gasteiger partial charge in [-0.05, 0) is 64.6 Å². The number of rotatable bonds is 6. The zero-order chi connectivity index (χ0) is 25.1. The highest BCUT2D eigenvalue weighted by molar-refractivity contribution is 14.1. The smallest absolute Gasteiger partial charge is 0.363 e. The molecule has 0 fully saturated rings. The molecule has 1 aliphatic rings. The minimum atomic E-state index is -0.713. The highest BCUT2D eigenvalue weighted by Gasteiger charge is 2.26. The van der Waals surface area contributed by atoms with Crippen molar-refractivity contribution in [2.24, 2.45) is 4.99 Å². The number of ether oxygens (including phenoxy) is 3. The summed E-state index contributed by atoms with van der Waals surface area (Å²) in [4.78, 5) is 39.6. The number of nitrogens with zero attached hydrogens (tertiary/aromatic N) is 2. The maximum Gasteiger partial charge on any atom is 0.363 e. The van der Waals surface area contributed by atoms with Gasteiger partial charge in [-0.2, -0.15) is 0 Å². The van der Waals surface area contributed by atoms with Gasteiger partial charge in [-0.15, -0.1) is 0 Å². The topological polar surface area (TPSA) is 117 Å². The van der Waals surface area contributed by atoms with Gasteiger partial charge in [0.15, 0.2) is 17.2 Å². The molecule has 1 aliphatic heterocycles. The highest BCUT2D eigenvalue weighted by Crippen LogP contribution is 2.36. The maximum absolute atomic E-state index is 12.6. The number of hydrogen-bond acceptors (Lipinski definition) is 8. The molecular formula is C24H14ClIN2O7. The quantitative estimate of drug-likeness (QED) is 0.0920. The van der Waals surface area contributed by atoms with Crippen LogP contribution in [0.1, 0.15) is 21.5 Å². The molecule has 11 heteroatoms. The molecule has 0 bridgehead atoms. The van der Waals surface area contributed by atoms with Gasteiger partial charge in [0.05, 0.1) is 26.2 Å². The van der Waals surface area contributed by atoms with Gasteiger partial charge in [-0.3, -0.25) is 10.1 Å². The Morgan fingerprint density at radius 2 is 1.94 bits per heavy atom. The van der Waals surface area contributed by atoms with Crippen molar-refractivity contribution in [1.29, 1.82) is 0 Å². The second-order valence-electron chi connectivity index (χ2n) is 7.05. The first-order valence-electron chi connectivity index (χ1n) is 9.88. The minimum absolute atomic E-state index is 0.00910. The van der Waals surface area contributed by atoms with E-state index in [9.17, 15) is 19.7 Å². The molecular weight excluding hydrogens is 591 g/mol. The molecule has 9 nitrogen and oxygen atoms in total. The van der Waals surface area contributed by atoms with E-state index in [1.165, 1.54) is 31.4 Å². The largest absolute Gasteiger partial charge is 0.493 e. The number of cyclic esters (lactones) is 1. The number of non-ortho nitro benzene ring substituents is 1. The Morgan fingerprint density at radius 1 is 1.17 bits per heavy atom. The van der Waals surface area contributed by atoms with Gasteiger partial charge in [0, 0.05) is 17.7 Å². The van der Waals surface area contributed by atoms with E-state index in [2.05, 4.69) is 4.99 Å². The lowest BCUT2D eigenvalue weighted by molar-refractivity contribution is -0.384. The zero-order valence-electron chi connectivity index (χ0n) is 17.9. The number of carbonyl (C=O) groups is 2. The SMILES string of the molecule is COc1cc(/C=C2\N=C(c3cccc([N+](=O)[O-])c3)OC2=O)cc(I)c1OC(=O)c1ccccc1Cl. The van der Waals surface area contributed by atoms with Crippen LogP contribution < -0.4 is 9.47 Å². The predicted molar refractivity (Wildman–Crippen MR) is 136 cm³/mol. The van der Waals surface area contributed by atoms with E-state index in [0.717, 1.165) is 0 Å². The van der Waals surface area contributed by atoms with Crippen molar-refractivity contribution >= 4 is 63.8 Å². The van der Waals surface area contributed by atoms with Crippen molar-refractivity contribution in [3.8, 4) is 11.5 Å². The van der Waals surface area contributed by atoms with E-state index in [-0.39, 0.29) is 39.4 Å². The number of nitro benzene ring substituents is 1. The van der Waals surface area contributed by atoms with E-state index in [4.69, 9.17) is 25.8 Å². The summed E-state index contributed by atoms with van der Waals surface area (Å²) in [7, 11) is 1.41. The van der Waals surface area contributed by atoms with Crippen molar-refractivity contribution in [1.82, 2.24) is 0 Å². The lowest BCUT2D eigenvalue weighted by Crippen LogP contribution is -2.11. The molecule has 0 radical (unpaired) electrons. The monoisotopic (exact) mass is 604 g/mol. The molecule has 0 unspecified atom stereocenters. The minimum Gasteiger partial charge on any atom is -0.493 e. The fraction of sp³-hybridized carbons (Fsp3) is 0.0417. The standard InChI is InChI=1S/C24H14ClIN2O7/c1-33-20-11-13(9-18(26)21(20)34-23(29)16-7-2-3-8-17(16)25)10-19-24(30)35-22(27-19)14-5-4-6-15(12-14)28(31)32/h2-12H,1H3/b19-10-. The van der Waals surface area contributed by atoms with E-state index in [1.54, 1.807) is 42.5 Å². The molecule has 35 heavy (non-hydrogen) atoms. The molecule has 4 rings (SSSR count). The molecule has 0 amide bonds. The number of halogens is 2. The number of aliphatic imine (C=N–C) groups is 1. The van der Waals surface area contributed by atoms with Crippen molar-refractivity contribution in [3.05, 3.63) is 102 Å². The number of hydrogen-bond donors (Lipinski definition) is 0. The van der Waals surface area contributed by atoms with Crippen LogP contribution in [-0.2, 0) is 9.53 Å². The number of esters is 2. The number of benzene rings is 3. The summed E-state index contributed by atoms with van der Waals surface area (Å²) in [5.74, 6) is -0.969. The molecule has 0 spiro atoms. The van der Waals surface area contributed by atoms with Crippen LogP contribution in [0, 0.1) is 13.7 Å². The molecule has 0 aromatic heterocycles. The van der Waals surface area contributed by atoms with Crippen LogP contribution in [0.5, 0.6) is 11.5 Å². The van der Waals surface area contributed by atoms with Crippen molar-refractivity contribution < 1.29 is 28.7 Å². The normalized spacial score (nSPS) is 13.9. The van der Waals surface area contributed by atoms with Gasteiger partial charge < -0.3 is 14.2 Å². The molecule has 0 aliphatic carbocycles. The summed E-state index contributed by atoms with van der Waals surface area (Å²) in [6, 6.07) is 15.4. The van der Waals surface area contributed by atoms with E-state index < -0.39 is 16.9 Å². The maximum atomic E-state index is 12.6. The molecule has 0 saturated carbocycles. The summed E-state index contributed by atoms with van der Waals surface area (Å²) in [6.45, 7) is 0. The Kier molecular flexibility index (Phi) is 7.12. The summed E-state index contributed by atoms with van der Waals surface area (Å²) >= 11 is 8.06. The van der Waals surface area contributed by atoms with Gasteiger partial charge in [0.1, 0.15) is 0 Å². The molecule has 1 heterocycles. The fourth-order valence-corrected chi connectivity index (χ4v) is 4.09. The number of carbonyl (C=O) groups excluding carboxylic acids is 2. The van der Waals surface area contributed by atoms with Crippen LogP contribution in [0.3, 0.4) is 0 Å². The predicted octanol–water partition coefficient (Wildman–Crippen LogP) is 5.43. The zero-order valence-corrected chi connectivity index (χ0v) is 20.8. The summed E-state index contributed by atoms with van der Waals surface area (Å²) < 4.78 is 16.7. The lowest BCUT2D eigenvalue weighted by Gasteiger charge is -2.13. The van der Waals surface area contributed by atoms with E-state index >= 15 is 0 Å². The lowest BCUT2D eigenvalue weighted by atomic mass is 10.1. The van der Waals surface area contributed by atoms with Gasteiger partial charge >= 0.3 is 11.9 Å². The third-order valence-electron chi connectivity index (χ3n) is 4.77. The van der Waals surface area contributed by atoms with Crippen LogP contribution in [-0.4, -0.2) is 29.9 Å². The Bertz CT molecular complexity index is 1440. The van der Waals surface area contributed by atoms with Crippen LogP contribution in [0.15, 0.2) is 71.4 Å². The summed E-state index contributed by atoms with van der Waals surface area (Å²) in [5, 5.41) is 11.3. The number of methoxy groups -OCH3 is 1. The second-order valence-corrected chi connectivity index (χ2v) is 8.62. The Labute approximate surface area is 217 Å². The molecule has 3 aromatic rings. The summed E-state index contributed by atoms with van der Waals surface area (Å²) in [6.07, 6.45) is 1.47. The second kappa shape index (κ2) is 10.2. The van der Waals surface area contributed by atoms with E-state index in [1.807, 2.05) is 22.6 Å². The van der Waals surface area contributed by atoms with Gasteiger partial charge in [-0.25, -0.2) is 14.6 Å². The molecule has 0 N–H and O–H groups in total. The van der Waals surface area contributed by atoms with Gasteiger partial charge in [-0.1, -0.05) is 29.8 Å². The third kappa shape index (κ3) is 5.33. The van der Waals surface area contributed by atoms with Crippen LogP contribution >= 0.6 is 34.2 Å². The molecule has 3 aromatic carbocycles.